The summed E-state index contributed by atoms with van der Waals surface area (Å²) in [5.41, 5.74) is 3.83. The predicted molar refractivity (Wildman–Crippen MR) is 100 cm³/mol. The second kappa shape index (κ2) is 9.07. The van der Waals surface area contributed by atoms with Crippen LogP contribution in [0.3, 0.4) is 0 Å². The lowest BCUT2D eigenvalue weighted by Crippen LogP contribution is -2.31. The van der Waals surface area contributed by atoms with Crippen molar-refractivity contribution >= 4 is 18.1 Å². The number of hydrogen-bond donors (Lipinski definition) is 1. The third-order valence-electron chi connectivity index (χ3n) is 4.08. The molecule has 0 saturated carbocycles. The lowest BCUT2D eigenvalue weighted by atomic mass is 10.1. The molecule has 1 aliphatic rings. The summed E-state index contributed by atoms with van der Waals surface area (Å²) < 4.78 is 18.3. The van der Waals surface area contributed by atoms with Crippen molar-refractivity contribution in [1.82, 2.24) is 15.4 Å². The molecule has 1 aliphatic heterocycles. The fraction of sp³-hybridized carbons (Fsp3) is 0.368. The molecule has 8 heteroatoms. The van der Waals surface area contributed by atoms with Gasteiger partial charge >= 0.3 is 0 Å². The molecule has 0 unspecified atom stereocenters. The summed E-state index contributed by atoms with van der Waals surface area (Å²) >= 11 is 0. The number of rotatable bonds is 6. The molecule has 7 nitrogen and oxygen atoms in total. The first-order valence-corrected chi connectivity index (χ1v) is 8.91. The van der Waals surface area contributed by atoms with Crippen molar-refractivity contribution in [3.8, 4) is 5.88 Å². The van der Waals surface area contributed by atoms with Gasteiger partial charge in [-0.3, -0.25) is 4.79 Å². The van der Waals surface area contributed by atoms with Crippen molar-refractivity contribution in [2.24, 2.45) is 5.10 Å². The molecule has 27 heavy (non-hydrogen) atoms. The van der Waals surface area contributed by atoms with Crippen LogP contribution in [-0.4, -0.2) is 41.8 Å². The smallest absolute Gasteiger partial charge is 0.278 e. The maximum absolute atomic E-state index is 12.8. The Balaban J connectivity index is 1.52. The topological polar surface area (TPSA) is 79.7 Å². The third-order valence-corrected chi connectivity index (χ3v) is 4.08. The molecule has 0 spiro atoms. The highest BCUT2D eigenvalue weighted by Crippen LogP contribution is 2.19. The van der Waals surface area contributed by atoms with E-state index in [2.05, 4.69) is 25.4 Å². The van der Waals surface area contributed by atoms with Crippen LogP contribution in [0.15, 0.2) is 35.4 Å². The Morgan fingerprint density at radius 2 is 2.00 bits per heavy atom. The van der Waals surface area contributed by atoms with Crippen molar-refractivity contribution in [3.05, 3.63) is 47.4 Å². The van der Waals surface area contributed by atoms with Gasteiger partial charge in [0.05, 0.1) is 6.21 Å². The number of hydrogen-bond acceptors (Lipinski definition) is 6. The van der Waals surface area contributed by atoms with Crippen LogP contribution in [0.2, 0.25) is 0 Å². The maximum atomic E-state index is 12.8. The molecular formula is C19H22FN5O2. The van der Waals surface area contributed by atoms with E-state index >= 15 is 0 Å². The number of nitrogens with one attached hydrogen (secondary N) is 1. The van der Waals surface area contributed by atoms with Crippen LogP contribution in [0.4, 0.5) is 10.3 Å². The highest BCUT2D eigenvalue weighted by atomic mass is 19.1. The quantitative estimate of drug-likeness (QED) is 0.623. The van der Waals surface area contributed by atoms with Crippen molar-refractivity contribution in [3.63, 3.8) is 0 Å². The van der Waals surface area contributed by atoms with Crippen LogP contribution in [0.1, 0.15) is 30.5 Å². The van der Waals surface area contributed by atoms with E-state index in [0.717, 1.165) is 31.6 Å². The van der Waals surface area contributed by atoms with Gasteiger partial charge in [-0.2, -0.15) is 10.1 Å². The van der Waals surface area contributed by atoms with E-state index in [1.165, 1.54) is 24.8 Å². The fourth-order valence-corrected chi connectivity index (χ4v) is 2.73. The Bertz CT molecular complexity index is 804. The molecule has 0 aliphatic carbocycles. The number of anilines is 1. The van der Waals surface area contributed by atoms with Crippen LogP contribution in [0.25, 0.3) is 0 Å². The number of benzene rings is 1. The SMILES string of the molecule is Cc1cc(OCC(=O)NN=Cc2ccc(F)cc2)nc(N2CCCCC2)n1. The minimum Gasteiger partial charge on any atom is -0.467 e. The monoisotopic (exact) mass is 371 g/mol. The molecule has 0 bridgehead atoms. The van der Waals surface area contributed by atoms with Crippen LogP contribution in [0.5, 0.6) is 5.88 Å². The Morgan fingerprint density at radius 3 is 2.74 bits per heavy atom. The van der Waals surface area contributed by atoms with Gasteiger partial charge in [0, 0.05) is 24.8 Å². The molecule has 2 aromatic rings. The second-order valence-electron chi connectivity index (χ2n) is 6.33. The average Bonchev–Trinajstić information content (AvgIpc) is 2.68. The molecule has 2 heterocycles. The number of piperidine rings is 1. The highest BCUT2D eigenvalue weighted by Gasteiger charge is 2.15. The van der Waals surface area contributed by atoms with E-state index < -0.39 is 5.91 Å². The minimum absolute atomic E-state index is 0.212. The zero-order valence-electron chi connectivity index (χ0n) is 15.2. The number of nitrogens with zero attached hydrogens (tertiary/aromatic N) is 4. The zero-order valence-corrected chi connectivity index (χ0v) is 15.2. The predicted octanol–water partition coefficient (Wildman–Crippen LogP) is 2.44. The van der Waals surface area contributed by atoms with E-state index in [1.807, 2.05) is 6.92 Å². The van der Waals surface area contributed by atoms with Gasteiger partial charge in [0.25, 0.3) is 5.91 Å². The number of carbonyl (C=O) groups is 1. The zero-order chi connectivity index (χ0) is 19.1. The number of halogens is 1. The minimum atomic E-state index is -0.413. The van der Waals surface area contributed by atoms with E-state index in [4.69, 9.17) is 4.74 Å². The molecule has 1 saturated heterocycles. The molecule has 3 rings (SSSR count). The van der Waals surface area contributed by atoms with Crippen LogP contribution in [-0.2, 0) is 4.79 Å². The van der Waals surface area contributed by atoms with E-state index in [0.29, 0.717) is 17.4 Å². The van der Waals surface area contributed by atoms with Crippen molar-refractivity contribution < 1.29 is 13.9 Å². The van der Waals surface area contributed by atoms with Crippen molar-refractivity contribution in [2.45, 2.75) is 26.2 Å². The summed E-state index contributed by atoms with van der Waals surface area (Å²) in [6, 6.07) is 7.47. The van der Waals surface area contributed by atoms with Crippen molar-refractivity contribution in [2.75, 3.05) is 24.6 Å². The number of carbonyl (C=O) groups excluding carboxylic acids is 1. The summed E-state index contributed by atoms with van der Waals surface area (Å²) in [5, 5.41) is 3.82. The van der Waals surface area contributed by atoms with Gasteiger partial charge in [-0.1, -0.05) is 12.1 Å². The van der Waals surface area contributed by atoms with Crippen LogP contribution in [0, 0.1) is 12.7 Å². The molecule has 1 N–H and O–H groups in total. The molecule has 0 radical (unpaired) electrons. The summed E-state index contributed by atoms with van der Waals surface area (Å²) in [4.78, 5) is 22.9. The molecule has 0 atom stereocenters. The van der Waals surface area contributed by atoms with Gasteiger partial charge in [0.1, 0.15) is 5.82 Å². The summed E-state index contributed by atoms with van der Waals surface area (Å²) in [5.74, 6) is 0.262. The Hall–Kier alpha value is -3.03. The van der Waals surface area contributed by atoms with Gasteiger partial charge < -0.3 is 9.64 Å². The second-order valence-corrected chi connectivity index (χ2v) is 6.33. The number of amides is 1. The number of hydrazone groups is 1. The highest BCUT2D eigenvalue weighted by molar-refractivity contribution is 5.82. The molecule has 1 fully saturated rings. The van der Waals surface area contributed by atoms with Gasteiger partial charge in [-0.25, -0.2) is 14.8 Å². The van der Waals surface area contributed by atoms with Crippen LogP contribution >= 0.6 is 0 Å². The van der Waals surface area contributed by atoms with Gasteiger partial charge in [-0.15, -0.1) is 0 Å². The third kappa shape index (κ3) is 5.73. The first-order chi connectivity index (χ1) is 13.1. The van der Waals surface area contributed by atoms with E-state index in [9.17, 15) is 9.18 Å². The lowest BCUT2D eigenvalue weighted by Gasteiger charge is -2.26. The number of ether oxygens (including phenoxy) is 1. The van der Waals surface area contributed by atoms with Gasteiger partial charge in [-0.05, 0) is 43.9 Å². The summed E-state index contributed by atoms with van der Waals surface area (Å²) in [7, 11) is 0. The standard InChI is InChI=1S/C19H22FN5O2/c1-14-11-18(23-19(22-14)25-9-3-2-4-10-25)27-13-17(26)24-21-12-15-5-7-16(20)8-6-15/h5-8,11-12H,2-4,9-10,13H2,1H3,(H,24,26). The van der Waals surface area contributed by atoms with Gasteiger partial charge in [0.15, 0.2) is 6.61 Å². The van der Waals surface area contributed by atoms with Crippen molar-refractivity contribution in [1.29, 1.82) is 0 Å². The maximum Gasteiger partial charge on any atom is 0.278 e. The number of aromatic nitrogens is 2. The normalized spacial score (nSPS) is 14.4. The van der Waals surface area contributed by atoms with Gasteiger partial charge in [0.2, 0.25) is 11.8 Å². The molecule has 1 amide bonds. The lowest BCUT2D eigenvalue weighted by molar-refractivity contribution is -0.123. The molecule has 1 aromatic carbocycles. The Labute approximate surface area is 157 Å². The Kier molecular flexibility index (Phi) is 6.30. The summed E-state index contributed by atoms with van der Waals surface area (Å²) in [6.07, 6.45) is 4.91. The molecule has 1 aromatic heterocycles. The first-order valence-electron chi connectivity index (χ1n) is 8.91. The van der Waals surface area contributed by atoms with E-state index in [-0.39, 0.29) is 12.4 Å². The molecular weight excluding hydrogens is 349 g/mol. The average molecular weight is 371 g/mol. The first kappa shape index (κ1) is 18.8. The molecule has 142 valence electrons. The number of aryl methyl sites for hydroxylation is 1. The fourth-order valence-electron chi connectivity index (χ4n) is 2.73. The van der Waals surface area contributed by atoms with Crippen LogP contribution < -0.4 is 15.1 Å². The van der Waals surface area contributed by atoms with E-state index in [1.54, 1.807) is 18.2 Å². The largest absolute Gasteiger partial charge is 0.467 e. The summed E-state index contributed by atoms with van der Waals surface area (Å²) in [6.45, 7) is 3.52. The Morgan fingerprint density at radius 1 is 1.26 bits per heavy atom.